The van der Waals surface area contributed by atoms with Crippen molar-refractivity contribution in [1.82, 2.24) is 0 Å². The standard InChI is InChI=1S/C13H16ClN/c1-15-5-4-10-6-9(2-3-13(10)15)12-7-11(12)8-14/h2-3,6,11-12H,4-5,7-8H2,1H3. The molecule has 0 radical (unpaired) electrons. The molecule has 0 spiro atoms. The first kappa shape index (κ1) is 9.53. The van der Waals surface area contributed by atoms with Gasteiger partial charge in [0.05, 0.1) is 0 Å². The summed E-state index contributed by atoms with van der Waals surface area (Å²) in [4.78, 5) is 2.34. The van der Waals surface area contributed by atoms with Gasteiger partial charge in [0.15, 0.2) is 0 Å². The predicted octanol–water partition coefficient (Wildman–Crippen LogP) is 3.02. The molecule has 1 heterocycles. The van der Waals surface area contributed by atoms with E-state index < -0.39 is 0 Å². The van der Waals surface area contributed by atoms with Crippen LogP contribution in [0.25, 0.3) is 0 Å². The summed E-state index contributed by atoms with van der Waals surface area (Å²) in [5.41, 5.74) is 4.45. The molecule has 0 amide bonds. The fourth-order valence-electron chi connectivity index (χ4n) is 2.64. The number of benzene rings is 1. The van der Waals surface area contributed by atoms with Crippen LogP contribution in [0, 0.1) is 5.92 Å². The summed E-state index contributed by atoms with van der Waals surface area (Å²) in [5, 5.41) is 0. The van der Waals surface area contributed by atoms with E-state index >= 15 is 0 Å². The molecule has 1 aliphatic heterocycles. The lowest BCUT2D eigenvalue weighted by molar-refractivity contribution is 0.921. The highest BCUT2D eigenvalue weighted by Crippen LogP contribution is 2.48. The molecule has 0 bridgehead atoms. The molecule has 0 saturated heterocycles. The predicted molar refractivity (Wildman–Crippen MR) is 65.0 cm³/mol. The van der Waals surface area contributed by atoms with E-state index in [0.717, 1.165) is 17.7 Å². The molecule has 1 aromatic carbocycles. The van der Waals surface area contributed by atoms with Gasteiger partial charge < -0.3 is 4.90 Å². The second kappa shape index (κ2) is 3.41. The first-order valence-electron chi connectivity index (χ1n) is 5.69. The van der Waals surface area contributed by atoms with Crippen LogP contribution in [0.15, 0.2) is 18.2 Å². The fourth-order valence-corrected chi connectivity index (χ4v) is 2.98. The average molecular weight is 222 g/mol. The molecular weight excluding hydrogens is 206 g/mol. The van der Waals surface area contributed by atoms with E-state index in [1.54, 1.807) is 0 Å². The highest BCUT2D eigenvalue weighted by Gasteiger charge is 2.37. The lowest BCUT2D eigenvalue weighted by Gasteiger charge is -2.12. The first-order chi connectivity index (χ1) is 7.29. The molecule has 1 fully saturated rings. The summed E-state index contributed by atoms with van der Waals surface area (Å²) >= 11 is 5.88. The molecule has 2 aliphatic rings. The number of halogens is 1. The monoisotopic (exact) mass is 221 g/mol. The molecule has 1 nitrogen and oxygen atoms in total. The molecule has 80 valence electrons. The van der Waals surface area contributed by atoms with Crippen molar-refractivity contribution in [2.24, 2.45) is 5.92 Å². The molecule has 2 heteroatoms. The topological polar surface area (TPSA) is 3.24 Å². The van der Waals surface area contributed by atoms with Gasteiger partial charge in [-0.25, -0.2) is 0 Å². The van der Waals surface area contributed by atoms with Crippen LogP contribution in [0.2, 0.25) is 0 Å². The van der Waals surface area contributed by atoms with Crippen molar-refractivity contribution >= 4 is 17.3 Å². The van der Waals surface area contributed by atoms with E-state index in [4.69, 9.17) is 11.6 Å². The molecule has 0 N–H and O–H groups in total. The zero-order valence-electron chi connectivity index (χ0n) is 9.04. The molecule has 1 aromatic rings. The number of alkyl halides is 1. The zero-order chi connectivity index (χ0) is 10.4. The van der Waals surface area contributed by atoms with Gasteiger partial charge in [0.2, 0.25) is 0 Å². The molecule has 2 atom stereocenters. The Morgan fingerprint density at radius 2 is 2.33 bits per heavy atom. The van der Waals surface area contributed by atoms with Crippen LogP contribution in [0.4, 0.5) is 5.69 Å². The van der Waals surface area contributed by atoms with Crippen LogP contribution in [0.1, 0.15) is 23.5 Å². The second-order valence-electron chi connectivity index (χ2n) is 4.82. The van der Waals surface area contributed by atoms with Crippen LogP contribution in [0.5, 0.6) is 0 Å². The van der Waals surface area contributed by atoms with Gasteiger partial charge in [-0.2, -0.15) is 0 Å². The van der Waals surface area contributed by atoms with Gasteiger partial charge in [-0.15, -0.1) is 11.6 Å². The van der Waals surface area contributed by atoms with Crippen molar-refractivity contribution in [3.8, 4) is 0 Å². The van der Waals surface area contributed by atoms with Gasteiger partial charge in [0, 0.05) is 25.2 Å². The Labute approximate surface area is 96.0 Å². The maximum atomic E-state index is 5.88. The van der Waals surface area contributed by atoms with Crippen LogP contribution in [0.3, 0.4) is 0 Å². The van der Waals surface area contributed by atoms with Gasteiger partial charge in [-0.05, 0) is 41.9 Å². The van der Waals surface area contributed by atoms with Crippen molar-refractivity contribution < 1.29 is 0 Å². The average Bonchev–Trinajstić information content (AvgIpc) is 2.97. The Morgan fingerprint density at radius 1 is 1.47 bits per heavy atom. The smallest absolute Gasteiger partial charge is 0.0397 e. The van der Waals surface area contributed by atoms with Crippen LogP contribution < -0.4 is 4.90 Å². The Morgan fingerprint density at radius 3 is 3.07 bits per heavy atom. The number of likely N-dealkylation sites (N-methyl/N-ethyl adjacent to an activating group) is 1. The Hall–Kier alpha value is -0.690. The van der Waals surface area contributed by atoms with E-state index in [9.17, 15) is 0 Å². The minimum absolute atomic E-state index is 0.740. The molecule has 1 aliphatic carbocycles. The molecule has 3 rings (SSSR count). The molecule has 15 heavy (non-hydrogen) atoms. The first-order valence-corrected chi connectivity index (χ1v) is 6.23. The third-order valence-corrected chi connectivity index (χ3v) is 4.18. The minimum atomic E-state index is 0.740. The lowest BCUT2D eigenvalue weighted by Crippen LogP contribution is -2.12. The highest BCUT2D eigenvalue weighted by molar-refractivity contribution is 6.18. The zero-order valence-corrected chi connectivity index (χ0v) is 9.80. The van der Waals surface area contributed by atoms with Crippen molar-refractivity contribution in [1.29, 1.82) is 0 Å². The number of fused-ring (bicyclic) bond motifs is 1. The van der Waals surface area contributed by atoms with Gasteiger partial charge in [0.1, 0.15) is 0 Å². The van der Waals surface area contributed by atoms with E-state index in [-0.39, 0.29) is 0 Å². The van der Waals surface area contributed by atoms with Crippen LogP contribution in [-0.4, -0.2) is 19.5 Å². The van der Waals surface area contributed by atoms with Gasteiger partial charge in [-0.3, -0.25) is 0 Å². The third kappa shape index (κ3) is 1.53. The van der Waals surface area contributed by atoms with Crippen molar-refractivity contribution in [3.05, 3.63) is 29.3 Å². The van der Waals surface area contributed by atoms with E-state index in [1.165, 1.54) is 36.2 Å². The summed E-state index contributed by atoms with van der Waals surface area (Å²) in [6, 6.07) is 6.97. The number of rotatable bonds is 2. The second-order valence-corrected chi connectivity index (χ2v) is 5.12. The molecule has 1 saturated carbocycles. The van der Waals surface area contributed by atoms with Crippen molar-refractivity contribution in [3.63, 3.8) is 0 Å². The van der Waals surface area contributed by atoms with Gasteiger partial charge >= 0.3 is 0 Å². The van der Waals surface area contributed by atoms with E-state index in [1.807, 2.05) is 0 Å². The quantitative estimate of drug-likeness (QED) is 0.694. The van der Waals surface area contributed by atoms with Gasteiger partial charge in [0.25, 0.3) is 0 Å². The SMILES string of the molecule is CN1CCc2cc(C3CC3CCl)ccc21. The number of hydrogen-bond acceptors (Lipinski definition) is 1. The largest absolute Gasteiger partial charge is 0.374 e. The number of nitrogens with zero attached hydrogens (tertiary/aromatic N) is 1. The third-order valence-electron chi connectivity index (χ3n) is 3.78. The van der Waals surface area contributed by atoms with Crippen molar-refractivity contribution in [2.45, 2.75) is 18.8 Å². The maximum Gasteiger partial charge on any atom is 0.0397 e. The number of anilines is 1. The summed E-state index contributed by atoms with van der Waals surface area (Å²) in [7, 11) is 2.17. The molecule has 0 aromatic heterocycles. The summed E-state index contributed by atoms with van der Waals surface area (Å²) in [6.07, 6.45) is 2.50. The molecular formula is C13H16ClN. The summed E-state index contributed by atoms with van der Waals surface area (Å²) in [5.74, 6) is 2.31. The lowest BCUT2D eigenvalue weighted by atomic mass is 10.0. The summed E-state index contributed by atoms with van der Waals surface area (Å²) < 4.78 is 0. The normalized spacial score (nSPS) is 28.0. The van der Waals surface area contributed by atoms with Crippen LogP contribution >= 0.6 is 11.6 Å². The fraction of sp³-hybridized carbons (Fsp3) is 0.538. The highest BCUT2D eigenvalue weighted by atomic mass is 35.5. The Bertz CT molecular complexity index is 388. The summed E-state index contributed by atoms with van der Waals surface area (Å²) in [6.45, 7) is 1.17. The van der Waals surface area contributed by atoms with Crippen LogP contribution in [-0.2, 0) is 6.42 Å². The molecule has 2 unspecified atom stereocenters. The van der Waals surface area contributed by atoms with Crippen molar-refractivity contribution in [2.75, 3.05) is 24.4 Å². The Balaban J connectivity index is 1.88. The van der Waals surface area contributed by atoms with E-state index in [0.29, 0.717) is 0 Å². The van der Waals surface area contributed by atoms with Gasteiger partial charge in [-0.1, -0.05) is 12.1 Å². The Kier molecular flexibility index (Phi) is 2.17. The van der Waals surface area contributed by atoms with E-state index in [2.05, 4.69) is 30.1 Å². The minimum Gasteiger partial charge on any atom is -0.374 e. The maximum absolute atomic E-state index is 5.88. The number of hydrogen-bond donors (Lipinski definition) is 0.